The minimum atomic E-state index is -3.78. The lowest BCUT2D eigenvalue weighted by molar-refractivity contribution is 0.598. The van der Waals surface area contributed by atoms with Gasteiger partial charge in [-0.3, -0.25) is 4.21 Å². The van der Waals surface area contributed by atoms with Crippen molar-refractivity contribution < 1.29 is 12.6 Å². The van der Waals surface area contributed by atoms with Crippen molar-refractivity contribution in [1.82, 2.24) is 0 Å². The van der Waals surface area contributed by atoms with Gasteiger partial charge in [-0.05, 0) is 18.2 Å². The third-order valence-electron chi connectivity index (χ3n) is 2.84. The molecule has 0 aromatic heterocycles. The summed E-state index contributed by atoms with van der Waals surface area (Å²) >= 11 is 0. The molecule has 1 saturated heterocycles. The summed E-state index contributed by atoms with van der Waals surface area (Å²) in [4.78, 5) is 1.97. The number of hydrogen-bond donors (Lipinski definition) is 2. The van der Waals surface area contributed by atoms with E-state index in [1.165, 1.54) is 6.07 Å². The Morgan fingerprint density at radius 1 is 1.22 bits per heavy atom. The lowest BCUT2D eigenvalue weighted by atomic mass is 10.2. The number of nitrogens with zero attached hydrogens (tertiary/aromatic N) is 1. The molecule has 18 heavy (non-hydrogen) atoms. The highest BCUT2D eigenvalue weighted by Crippen LogP contribution is 2.24. The summed E-state index contributed by atoms with van der Waals surface area (Å²) in [5, 5.41) is 5.04. The van der Waals surface area contributed by atoms with E-state index in [0.717, 1.165) is 5.69 Å². The topological polar surface area (TPSA) is 106 Å². The maximum absolute atomic E-state index is 11.3. The number of primary sulfonamides is 1. The summed E-state index contributed by atoms with van der Waals surface area (Å²) in [6, 6.07) is 4.67. The molecule has 1 aliphatic rings. The van der Waals surface area contributed by atoms with Crippen LogP contribution in [0.1, 0.15) is 0 Å². The number of nitrogen functional groups attached to an aromatic ring is 1. The van der Waals surface area contributed by atoms with Crippen LogP contribution in [0, 0.1) is 0 Å². The van der Waals surface area contributed by atoms with Crippen LogP contribution in [0.5, 0.6) is 0 Å². The molecule has 0 radical (unpaired) electrons. The molecule has 0 atom stereocenters. The summed E-state index contributed by atoms with van der Waals surface area (Å²) in [5.41, 5.74) is 6.67. The second-order valence-electron chi connectivity index (χ2n) is 4.10. The molecule has 2 rings (SSSR count). The van der Waals surface area contributed by atoms with Gasteiger partial charge in [-0.15, -0.1) is 0 Å². The van der Waals surface area contributed by atoms with Crippen LogP contribution in [0.15, 0.2) is 23.1 Å². The van der Waals surface area contributed by atoms with Crippen molar-refractivity contribution in [2.45, 2.75) is 4.90 Å². The zero-order chi connectivity index (χ0) is 13.3. The van der Waals surface area contributed by atoms with Gasteiger partial charge in [-0.1, -0.05) is 0 Å². The first kappa shape index (κ1) is 13.3. The van der Waals surface area contributed by atoms with E-state index < -0.39 is 20.8 Å². The highest BCUT2D eigenvalue weighted by Gasteiger charge is 2.18. The van der Waals surface area contributed by atoms with E-state index in [1.54, 1.807) is 12.1 Å². The van der Waals surface area contributed by atoms with Crippen molar-refractivity contribution in [3.63, 3.8) is 0 Å². The van der Waals surface area contributed by atoms with Crippen molar-refractivity contribution in [1.29, 1.82) is 0 Å². The number of hydrogen-bond acceptors (Lipinski definition) is 5. The van der Waals surface area contributed by atoms with Gasteiger partial charge in [0.05, 0.1) is 5.69 Å². The molecule has 0 spiro atoms. The third kappa shape index (κ3) is 2.82. The largest absolute Gasteiger partial charge is 0.398 e. The summed E-state index contributed by atoms with van der Waals surface area (Å²) in [6.45, 7) is 1.36. The molecule has 0 aliphatic carbocycles. The van der Waals surface area contributed by atoms with Crippen LogP contribution in [-0.4, -0.2) is 37.2 Å². The Hall–Kier alpha value is -1.12. The monoisotopic (exact) mass is 289 g/mol. The molecule has 0 saturated carbocycles. The smallest absolute Gasteiger partial charge is 0.240 e. The van der Waals surface area contributed by atoms with Crippen molar-refractivity contribution in [3.05, 3.63) is 18.2 Å². The highest BCUT2D eigenvalue weighted by atomic mass is 32.2. The average molecular weight is 289 g/mol. The van der Waals surface area contributed by atoms with E-state index >= 15 is 0 Å². The van der Waals surface area contributed by atoms with Crippen LogP contribution in [0.25, 0.3) is 0 Å². The molecule has 4 N–H and O–H groups in total. The van der Waals surface area contributed by atoms with E-state index in [9.17, 15) is 12.6 Å². The first-order chi connectivity index (χ1) is 8.38. The van der Waals surface area contributed by atoms with Crippen LogP contribution in [-0.2, 0) is 20.8 Å². The van der Waals surface area contributed by atoms with Gasteiger partial charge in [0.25, 0.3) is 0 Å². The van der Waals surface area contributed by atoms with Gasteiger partial charge < -0.3 is 10.6 Å². The maximum Gasteiger partial charge on any atom is 0.240 e. The molecule has 0 bridgehead atoms. The Bertz CT molecular complexity index is 576. The highest BCUT2D eigenvalue weighted by molar-refractivity contribution is 7.89. The lowest BCUT2D eigenvalue weighted by Gasteiger charge is -2.28. The molecule has 1 fully saturated rings. The van der Waals surface area contributed by atoms with Crippen molar-refractivity contribution in [3.8, 4) is 0 Å². The Balaban J connectivity index is 2.27. The van der Waals surface area contributed by atoms with Gasteiger partial charge in [0, 0.05) is 41.1 Å². The minimum Gasteiger partial charge on any atom is -0.398 e. The molecular weight excluding hydrogens is 274 g/mol. The quantitative estimate of drug-likeness (QED) is 0.713. The fraction of sp³-hybridized carbons (Fsp3) is 0.400. The van der Waals surface area contributed by atoms with E-state index in [2.05, 4.69) is 0 Å². The molecule has 8 heteroatoms. The average Bonchev–Trinajstić information content (AvgIpc) is 2.28. The van der Waals surface area contributed by atoms with Gasteiger partial charge in [-0.25, -0.2) is 13.6 Å². The Kier molecular flexibility index (Phi) is 3.60. The van der Waals surface area contributed by atoms with Crippen LogP contribution in [0.2, 0.25) is 0 Å². The van der Waals surface area contributed by atoms with Gasteiger partial charge in [0.2, 0.25) is 10.0 Å². The molecule has 6 nitrogen and oxygen atoms in total. The summed E-state index contributed by atoms with van der Waals surface area (Å²) in [7, 11) is -4.53. The molecule has 0 amide bonds. The number of benzene rings is 1. The van der Waals surface area contributed by atoms with Crippen molar-refractivity contribution in [2.24, 2.45) is 5.14 Å². The Morgan fingerprint density at radius 3 is 2.33 bits per heavy atom. The van der Waals surface area contributed by atoms with Crippen LogP contribution < -0.4 is 15.8 Å². The predicted octanol–water partition coefficient (Wildman–Crippen LogP) is -0.515. The number of anilines is 2. The van der Waals surface area contributed by atoms with E-state index in [0.29, 0.717) is 24.6 Å². The summed E-state index contributed by atoms with van der Waals surface area (Å²) < 4.78 is 33.7. The fourth-order valence-corrected chi connectivity index (χ4v) is 3.59. The number of rotatable bonds is 2. The molecule has 100 valence electrons. The van der Waals surface area contributed by atoms with E-state index in [1.807, 2.05) is 4.90 Å². The fourth-order valence-electron chi connectivity index (χ4n) is 1.89. The van der Waals surface area contributed by atoms with Gasteiger partial charge in [0.1, 0.15) is 4.90 Å². The molecular formula is C10H15N3O3S2. The molecule has 1 aliphatic heterocycles. The van der Waals surface area contributed by atoms with Crippen LogP contribution >= 0.6 is 0 Å². The number of nitrogens with two attached hydrogens (primary N) is 2. The molecule has 1 heterocycles. The minimum absolute atomic E-state index is 0.0631. The SMILES string of the molecule is Nc1cc(N2CCS(=O)CC2)ccc1S(N)(=O)=O. The second-order valence-corrected chi connectivity index (χ2v) is 7.33. The van der Waals surface area contributed by atoms with Gasteiger partial charge >= 0.3 is 0 Å². The maximum atomic E-state index is 11.3. The summed E-state index contributed by atoms with van der Waals surface area (Å²) in [5.74, 6) is 1.24. The first-order valence-corrected chi connectivity index (χ1v) is 8.43. The van der Waals surface area contributed by atoms with Crippen LogP contribution in [0.4, 0.5) is 11.4 Å². The Morgan fingerprint density at radius 2 is 1.83 bits per heavy atom. The zero-order valence-electron chi connectivity index (χ0n) is 9.70. The Labute approximate surface area is 108 Å². The number of sulfonamides is 1. The van der Waals surface area contributed by atoms with Crippen molar-refractivity contribution in [2.75, 3.05) is 35.2 Å². The standard InChI is InChI=1S/C10H15N3O3S2/c11-9-7-8(1-2-10(9)18(12,15)16)13-3-5-17(14)6-4-13/h1-2,7H,3-6,11H2,(H2,12,15,16). The normalized spacial score (nSPS) is 17.9. The van der Waals surface area contributed by atoms with Gasteiger partial charge in [-0.2, -0.15) is 0 Å². The lowest BCUT2D eigenvalue weighted by Crippen LogP contribution is -2.37. The summed E-state index contributed by atoms with van der Waals surface area (Å²) in [6.07, 6.45) is 0. The molecule has 1 aromatic rings. The molecule has 0 unspecified atom stereocenters. The van der Waals surface area contributed by atoms with E-state index in [4.69, 9.17) is 10.9 Å². The second kappa shape index (κ2) is 4.87. The van der Waals surface area contributed by atoms with Gasteiger partial charge in [0.15, 0.2) is 0 Å². The zero-order valence-corrected chi connectivity index (χ0v) is 11.3. The third-order valence-corrected chi connectivity index (χ3v) is 5.10. The van der Waals surface area contributed by atoms with Crippen LogP contribution in [0.3, 0.4) is 0 Å². The van der Waals surface area contributed by atoms with E-state index in [-0.39, 0.29) is 10.6 Å². The predicted molar refractivity (Wildman–Crippen MR) is 72.3 cm³/mol. The van der Waals surface area contributed by atoms with Crippen molar-refractivity contribution >= 4 is 32.2 Å². The first-order valence-electron chi connectivity index (χ1n) is 5.40. The molecule has 1 aromatic carbocycles.